The molecule has 1 N–H and O–H groups in total. The highest BCUT2D eigenvalue weighted by atomic mass is 35.5. The Bertz CT molecular complexity index is 760. The maximum absolute atomic E-state index is 12.3. The predicted octanol–water partition coefficient (Wildman–Crippen LogP) is 4.37. The Morgan fingerprint density at radius 3 is 2.48 bits per heavy atom. The van der Waals surface area contributed by atoms with Gasteiger partial charge in [0, 0.05) is 29.4 Å². The molecule has 0 atom stereocenters. The molecule has 4 nitrogen and oxygen atoms in total. The van der Waals surface area contributed by atoms with E-state index in [1.807, 2.05) is 12.1 Å². The third-order valence-corrected chi connectivity index (χ3v) is 4.25. The number of anilines is 2. The number of hydrogen-bond acceptors (Lipinski definition) is 2. The fourth-order valence-corrected chi connectivity index (χ4v) is 2.89. The van der Waals surface area contributed by atoms with E-state index in [-0.39, 0.29) is 11.8 Å². The van der Waals surface area contributed by atoms with Crippen LogP contribution in [0.5, 0.6) is 0 Å². The average molecular weight is 349 g/mol. The molecule has 118 valence electrons. The summed E-state index contributed by atoms with van der Waals surface area (Å²) in [7, 11) is 0. The minimum atomic E-state index is -0.331. The van der Waals surface area contributed by atoms with Crippen LogP contribution in [-0.2, 0) is 4.79 Å². The molecule has 1 aliphatic rings. The van der Waals surface area contributed by atoms with Gasteiger partial charge >= 0.3 is 0 Å². The van der Waals surface area contributed by atoms with Crippen LogP contribution >= 0.6 is 23.2 Å². The number of carbonyl (C=O) groups excluding carboxylic acids is 2. The van der Waals surface area contributed by atoms with Gasteiger partial charge < -0.3 is 10.2 Å². The SMILES string of the molecule is O=C(Nc1ccc(N2CCCC2=O)cc1)c1cc(Cl)ccc1Cl. The summed E-state index contributed by atoms with van der Waals surface area (Å²) < 4.78 is 0. The quantitative estimate of drug-likeness (QED) is 0.894. The summed E-state index contributed by atoms with van der Waals surface area (Å²) in [5, 5.41) is 3.56. The highest BCUT2D eigenvalue weighted by Gasteiger charge is 2.21. The Balaban J connectivity index is 1.74. The van der Waals surface area contributed by atoms with Gasteiger partial charge in [-0.05, 0) is 48.9 Å². The molecule has 1 aliphatic heterocycles. The molecule has 3 rings (SSSR count). The van der Waals surface area contributed by atoms with Crippen molar-refractivity contribution in [1.82, 2.24) is 0 Å². The van der Waals surface area contributed by atoms with Crippen molar-refractivity contribution in [2.45, 2.75) is 12.8 Å². The van der Waals surface area contributed by atoms with Crippen molar-refractivity contribution in [2.75, 3.05) is 16.8 Å². The van der Waals surface area contributed by atoms with Crippen molar-refractivity contribution in [3.05, 3.63) is 58.1 Å². The van der Waals surface area contributed by atoms with Gasteiger partial charge in [0.05, 0.1) is 10.6 Å². The highest BCUT2D eigenvalue weighted by Crippen LogP contribution is 2.25. The van der Waals surface area contributed by atoms with Crippen LogP contribution in [0.1, 0.15) is 23.2 Å². The first kappa shape index (κ1) is 15.8. The van der Waals surface area contributed by atoms with Crippen molar-refractivity contribution in [1.29, 1.82) is 0 Å². The molecule has 0 radical (unpaired) electrons. The van der Waals surface area contributed by atoms with Crippen LogP contribution in [0.4, 0.5) is 11.4 Å². The normalized spacial score (nSPS) is 14.2. The number of hydrogen-bond donors (Lipinski definition) is 1. The third-order valence-electron chi connectivity index (χ3n) is 3.68. The molecule has 0 saturated carbocycles. The zero-order valence-corrected chi connectivity index (χ0v) is 13.7. The van der Waals surface area contributed by atoms with Gasteiger partial charge in [-0.15, -0.1) is 0 Å². The molecular weight excluding hydrogens is 335 g/mol. The fraction of sp³-hybridized carbons (Fsp3) is 0.176. The van der Waals surface area contributed by atoms with E-state index in [1.165, 1.54) is 6.07 Å². The smallest absolute Gasteiger partial charge is 0.257 e. The molecule has 2 aromatic rings. The number of halogens is 2. The number of nitrogens with one attached hydrogen (secondary N) is 1. The second-order valence-corrected chi connectivity index (χ2v) is 6.12. The fourth-order valence-electron chi connectivity index (χ4n) is 2.52. The van der Waals surface area contributed by atoms with Crippen LogP contribution in [0.3, 0.4) is 0 Å². The van der Waals surface area contributed by atoms with E-state index < -0.39 is 0 Å². The summed E-state index contributed by atoms with van der Waals surface area (Å²) in [5.74, 6) is -0.199. The minimum Gasteiger partial charge on any atom is -0.322 e. The predicted molar refractivity (Wildman–Crippen MR) is 92.4 cm³/mol. The Kier molecular flexibility index (Phi) is 4.55. The van der Waals surface area contributed by atoms with Crippen LogP contribution < -0.4 is 10.2 Å². The number of rotatable bonds is 3. The highest BCUT2D eigenvalue weighted by molar-refractivity contribution is 6.36. The molecule has 0 aromatic heterocycles. The summed E-state index contributed by atoms with van der Waals surface area (Å²) >= 11 is 11.9. The van der Waals surface area contributed by atoms with E-state index >= 15 is 0 Å². The molecule has 6 heteroatoms. The van der Waals surface area contributed by atoms with Crippen molar-refractivity contribution >= 4 is 46.4 Å². The number of nitrogens with zero attached hydrogens (tertiary/aromatic N) is 1. The van der Waals surface area contributed by atoms with Crippen molar-refractivity contribution in [3.8, 4) is 0 Å². The maximum atomic E-state index is 12.3. The van der Waals surface area contributed by atoms with Gasteiger partial charge in [-0.3, -0.25) is 9.59 Å². The molecular formula is C17H14Cl2N2O2. The zero-order chi connectivity index (χ0) is 16.4. The summed E-state index contributed by atoms with van der Waals surface area (Å²) in [6.07, 6.45) is 1.47. The molecule has 1 saturated heterocycles. The van der Waals surface area contributed by atoms with Gasteiger partial charge in [0.25, 0.3) is 5.91 Å². The van der Waals surface area contributed by atoms with E-state index in [0.717, 1.165) is 18.7 Å². The van der Waals surface area contributed by atoms with E-state index in [2.05, 4.69) is 5.32 Å². The molecule has 1 fully saturated rings. The lowest BCUT2D eigenvalue weighted by Gasteiger charge is -2.16. The van der Waals surface area contributed by atoms with Crippen LogP contribution in [0.15, 0.2) is 42.5 Å². The van der Waals surface area contributed by atoms with E-state index in [0.29, 0.717) is 27.7 Å². The molecule has 0 bridgehead atoms. The summed E-state index contributed by atoms with van der Waals surface area (Å²) in [6.45, 7) is 0.739. The van der Waals surface area contributed by atoms with Crippen LogP contribution in [0.2, 0.25) is 10.0 Å². The summed E-state index contributed by atoms with van der Waals surface area (Å²) in [5.41, 5.74) is 1.78. The van der Waals surface area contributed by atoms with Gasteiger partial charge in [0.2, 0.25) is 5.91 Å². The first-order valence-electron chi connectivity index (χ1n) is 7.21. The van der Waals surface area contributed by atoms with Crippen LogP contribution in [0.25, 0.3) is 0 Å². The molecule has 0 unspecified atom stereocenters. The number of benzene rings is 2. The lowest BCUT2D eigenvalue weighted by molar-refractivity contribution is -0.117. The molecule has 2 amide bonds. The maximum Gasteiger partial charge on any atom is 0.257 e. The Morgan fingerprint density at radius 2 is 1.83 bits per heavy atom. The second kappa shape index (κ2) is 6.60. The van der Waals surface area contributed by atoms with Crippen LogP contribution in [0, 0.1) is 0 Å². The summed E-state index contributed by atoms with van der Waals surface area (Å²) in [6, 6.07) is 11.9. The zero-order valence-electron chi connectivity index (χ0n) is 12.2. The molecule has 2 aromatic carbocycles. The Hall–Kier alpha value is -2.04. The van der Waals surface area contributed by atoms with Gasteiger partial charge in [-0.1, -0.05) is 23.2 Å². The van der Waals surface area contributed by atoms with Crippen molar-refractivity contribution in [3.63, 3.8) is 0 Å². The first-order chi connectivity index (χ1) is 11.0. The molecule has 23 heavy (non-hydrogen) atoms. The van der Waals surface area contributed by atoms with Crippen molar-refractivity contribution < 1.29 is 9.59 Å². The lowest BCUT2D eigenvalue weighted by atomic mass is 10.2. The van der Waals surface area contributed by atoms with E-state index in [9.17, 15) is 9.59 Å². The average Bonchev–Trinajstić information content (AvgIpc) is 2.96. The largest absolute Gasteiger partial charge is 0.322 e. The molecule has 0 aliphatic carbocycles. The number of carbonyl (C=O) groups is 2. The minimum absolute atomic E-state index is 0.132. The first-order valence-corrected chi connectivity index (χ1v) is 7.97. The monoisotopic (exact) mass is 348 g/mol. The van der Waals surface area contributed by atoms with Gasteiger partial charge in [-0.2, -0.15) is 0 Å². The summed E-state index contributed by atoms with van der Waals surface area (Å²) in [4.78, 5) is 25.7. The molecule has 1 heterocycles. The van der Waals surface area contributed by atoms with E-state index in [4.69, 9.17) is 23.2 Å². The third kappa shape index (κ3) is 3.49. The number of amides is 2. The molecule has 0 spiro atoms. The van der Waals surface area contributed by atoms with E-state index in [1.54, 1.807) is 29.2 Å². The second-order valence-electron chi connectivity index (χ2n) is 5.27. The van der Waals surface area contributed by atoms with Gasteiger partial charge in [0.15, 0.2) is 0 Å². The standard InChI is InChI=1S/C17H14Cl2N2O2/c18-11-3-8-15(19)14(10-11)17(23)20-12-4-6-13(7-5-12)21-9-1-2-16(21)22/h3-8,10H,1-2,9H2,(H,20,23). The topological polar surface area (TPSA) is 49.4 Å². The van der Waals surface area contributed by atoms with Gasteiger partial charge in [0.1, 0.15) is 0 Å². The van der Waals surface area contributed by atoms with Crippen molar-refractivity contribution in [2.24, 2.45) is 0 Å². The van der Waals surface area contributed by atoms with Crippen LogP contribution in [-0.4, -0.2) is 18.4 Å². The Morgan fingerprint density at radius 1 is 1.09 bits per heavy atom. The lowest BCUT2D eigenvalue weighted by Crippen LogP contribution is -2.23. The Labute approximate surface area is 144 Å². The van der Waals surface area contributed by atoms with Gasteiger partial charge in [-0.25, -0.2) is 0 Å².